The molecule has 28 heavy (non-hydrogen) atoms. The molecule has 0 aliphatic carbocycles. The first-order valence-corrected chi connectivity index (χ1v) is 9.04. The highest BCUT2D eigenvalue weighted by molar-refractivity contribution is 5.93. The topological polar surface area (TPSA) is 63.9 Å². The molecular formula is C20H19F2N5O. The predicted octanol–water partition coefficient (Wildman–Crippen LogP) is 3.51. The van der Waals surface area contributed by atoms with E-state index in [4.69, 9.17) is 0 Å². The highest BCUT2D eigenvalue weighted by Gasteiger charge is 2.36. The fraction of sp³-hybridized carbons (Fsp3) is 0.300. The lowest BCUT2D eigenvalue weighted by Crippen LogP contribution is -2.42. The Kier molecular flexibility index (Phi) is 4.62. The van der Waals surface area contributed by atoms with E-state index in [0.29, 0.717) is 17.1 Å². The molecule has 0 N–H and O–H groups in total. The Morgan fingerprint density at radius 2 is 1.93 bits per heavy atom. The molecule has 1 aliphatic rings. The Labute approximate surface area is 160 Å². The Hall–Kier alpha value is -3.16. The zero-order chi connectivity index (χ0) is 19.7. The Morgan fingerprint density at radius 1 is 1.14 bits per heavy atom. The lowest BCUT2D eigenvalue weighted by atomic mass is 10.1. The van der Waals surface area contributed by atoms with Gasteiger partial charge in [-0.05, 0) is 36.8 Å². The first-order chi connectivity index (χ1) is 13.4. The van der Waals surface area contributed by atoms with Crippen molar-refractivity contribution in [3.63, 3.8) is 0 Å². The van der Waals surface area contributed by atoms with Crippen LogP contribution in [0, 0.1) is 6.92 Å². The van der Waals surface area contributed by atoms with Crippen LogP contribution in [0.4, 0.5) is 8.78 Å². The third-order valence-electron chi connectivity index (χ3n) is 4.77. The van der Waals surface area contributed by atoms with Crippen LogP contribution in [-0.4, -0.2) is 49.6 Å². The SMILES string of the molecule is Cc1ccc(-c2cc(C(=O)N3CCC(F)(F)CC3)nn2-c2cccnc2)nc1. The van der Waals surface area contributed by atoms with Gasteiger partial charge in [0.2, 0.25) is 0 Å². The van der Waals surface area contributed by atoms with Crippen molar-refractivity contribution in [2.75, 3.05) is 13.1 Å². The summed E-state index contributed by atoms with van der Waals surface area (Å²) >= 11 is 0. The van der Waals surface area contributed by atoms with Gasteiger partial charge in [0.25, 0.3) is 11.8 Å². The molecule has 1 saturated heterocycles. The van der Waals surface area contributed by atoms with Gasteiger partial charge in [0, 0.05) is 38.3 Å². The number of carbonyl (C=O) groups is 1. The van der Waals surface area contributed by atoms with Crippen LogP contribution in [-0.2, 0) is 0 Å². The molecular weight excluding hydrogens is 364 g/mol. The molecule has 0 unspecified atom stereocenters. The molecule has 4 heterocycles. The van der Waals surface area contributed by atoms with E-state index < -0.39 is 5.92 Å². The van der Waals surface area contributed by atoms with Crippen molar-refractivity contribution in [2.24, 2.45) is 0 Å². The number of amides is 1. The van der Waals surface area contributed by atoms with Crippen molar-refractivity contribution >= 4 is 5.91 Å². The van der Waals surface area contributed by atoms with Gasteiger partial charge in [0.1, 0.15) is 0 Å². The summed E-state index contributed by atoms with van der Waals surface area (Å²) < 4.78 is 28.4. The number of carbonyl (C=O) groups excluding carboxylic acids is 1. The normalized spacial score (nSPS) is 16.2. The molecule has 1 aliphatic heterocycles. The van der Waals surface area contributed by atoms with Crippen molar-refractivity contribution < 1.29 is 13.6 Å². The van der Waals surface area contributed by atoms with Gasteiger partial charge in [-0.15, -0.1) is 0 Å². The van der Waals surface area contributed by atoms with Crippen LogP contribution in [0.25, 0.3) is 17.1 Å². The number of halogens is 2. The largest absolute Gasteiger partial charge is 0.337 e. The predicted molar refractivity (Wildman–Crippen MR) is 99.4 cm³/mol. The lowest BCUT2D eigenvalue weighted by Gasteiger charge is -2.31. The second-order valence-corrected chi connectivity index (χ2v) is 6.91. The monoisotopic (exact) mass is 383 g/mol. The summed E-state index contributed by atoms with van der Waals surface area (Å²) in [4.78, 5) is 22.8. The number of hydrogen-bond acceptors (Lipinski definition) is 4. The maximum absolute atomic E-state index is 13.4. The molecule has 8 heteroatoms. The number of pyridine rings is 2. The van der Waals surface area contributed by atoms with E-state index in [0.717, 1.165) is 5.56 Å². The molecule has 0 spiro atoms. The van der Waals surface area contributed by atoms with E-state index in [-0.39, 0.29) is 37.5 Å². The first-order valence-electron chi connectivity index (χ1n) is 9.04. The van der Waals surface area contributed by atoms with Crippen molar-refractivity contribution in [3.05, 3.63) is 60.2 Å². The van der Waals surface area contributed by atoms with E-state index >= 15 is 0 Å². The Morgan fingerprint density at radius 3 is 2.57 bits per heavy atom. The highest BCUT2D eigenvalue weighted by atomic mass is 19.3. The average Bonchev–Trinajstić information content (AvgIpc) is 3.14. The van der Waals surface area contributed by atoms with Crippen LogP contribution >= 0.6 is 0 Å². The number of aromatic nitrogens is 4. The zero-order valence-corrected chi connectivity index (χ0v) is 15.3. The molecule has 0 radical (unpaired) electrons. The van der Waals surface area contributed by atoms with E-state index in [2.05, 4.69) is 15.1 Å². The third-order valence-corrected chi connectivity index (χ3v) is 4.77. The van der Waals surface area contributed by atoms with Crippen molar-refractivity contribution in [2.45, 2.75) is 25.7 Å². The van der Waals surface area contributed by atoms with Gasteiger partial charge in [0.05, 0.1) is 23.3 Å². The second kappa shape index (κ2) is 7.10. The third kappa shape index (κ3) is 3.62. The minimum absolute atomic E-state index is 0.0176. The minimum Gasteiger partial charge on any atom is -0.337 e. The van der Waals surface area contributed by atoms with Gasteiger partial charge < -0.3 is 4.90 Å². The zero-order valence-electron chi connectivity index (χ0n) is 15.3. The standard InChI is InChI=1S/C20H19F2N5O/c1-14-4-5-16(24-12-14)18-11-17(25-27(18)15-3-2-8-23-13-15)19(28)26-9-6-20(21,22)7-10-26/h2-5,8,11-13H,6-7,9-10H2,1H3. The number of aryl methyl sites for hydroxylation is 1. The van der Waals surface area contributed by atoms with Crippen LogP contribution in [0.3, 0.4) is 0 Å². The fourth-order valence-electron chi connectivity index (χ4n) is 3.16. The van der Waals surface area contributed by atoms with Crippen LogP contribution in [0.2, 0.25) is 0 Å². The molecule has 3 aromatic rings. The molecule has 0 bridgehead atoms. The van der Waals surface area contributed by atoms with Crippen LogP contribution in [0.5, 0.6) is 0 Å². The summed E-state index contributed by atoms with van der Waals surface area (Å²) in [6.45, 7) is 1.98. The van der Waals surface area contributed by atoms with E-state index in [1.54, 1.807) is 35.4 Å². The number of hydrogen-bond donors (Lipinski definition) is 0. The van der Waals surface area contributed by atoms with Gasteiger partial charge >= 0.3 is 0 Å². The van der Waals surface area contributed by atoms with Gasteiger partial charge in [-0.2, -0.15) is 5.10 Å². The van der Waals surface area contributed by atoms with Crippen LogP contribution in [0.1, 0.15) is 28.9 Å². The molecule has 0 atom stereocenters. The lowest BCUT2D eigenvalue weighted by molar-refractivity contribution is -0.0495. The molecule has 1 amide bonds. The number of rotatable bonds is 3. The highest BCUT2D eigenvalue weighted by Crippen LogP contribution is 2.29. The number of nitrogens with zero attached hydrogens (tertiary/aromatic N) is 5. The summed E-state index contributed by atoms with van der Waals surface area (Å²) in [5.41, 5.74) is 3.20. The maximum atomic E-state index is 13.4. The van der Waals surface area contributed by atoms with Crippen LogP contribution in [0.15, 0.2) is 48.9 Å². The van der Waals surface area contributed by atoms with E-state index in [1.807, 2.05) is 25.1 Å². The van der Waals surface area contributed by atoms with Gasteiger partial charge in [-0.3, -0.25) is 14.8 Å². The molecule has 3 aromatic heterocycles. The minimum atomic E-state index is -2.71. The summed E-state index contributed by atoms with van der Waals surface area (Å²) in [6, 6.07) is 9.04. The molecule has 144 valence electrons. The maximum Gasteiger partial charge on any atom is 0.274 e. The molecule has 6 nitrogen and oxygen atoms in total. The second-order valence-electron chi connectivity index (χ2n) is 6.91. The molecule has 4 rings (SSSR count). The fourth-order valence-corrected chi connectivity index (χ4v) is 3.16. The smallest absolute Gasteiger partial charge is 0.274 e. The number of piperidine rings is 1. The molecule has 0 aromatic carbocycles. The van der Waals surface area contributed by atoms with E-state index in [1.165, 1.54) is 4.90 Å². The van der Waals surface area contributed by atoms with Gasteiger partial charge in [0.15, 0.2) is 5.69 Å². The van der Waals surface area contributed by atoms with E-state index in [9.17, 15) is 13.6 Å². The quantitative estimate of drug-likeness (QED) is 0.694. The summed E-state index contributed by atoms with van der Waals surface area (Å²) in [5.74, 6) is -3.06. The number of alkyl halides is 2. The Balaban J connectivity index is 1.71. The molecule has 0 saturated carbocycles. The van der Waals surface area contributed by atoms with Crippen LogP contribution < -0.4 is 0 Å². The van der Waals surface area contributed by atoms with Crippen molar-refractivity contribution in [3.8, 4) is 17.1 Å². The summed E-state index contributed by atoms with van der Waals surface area (Å²) in [6.07, 6.45) is 4.38. The Bertz CT molecular complexity index is 976. The summed E-state index contributed by atoms with van der Waals surface area (Å²) in [5, 5.41) is 4.45. The molecule has 1 fully saturated rings. The van der Waals surface area contributed by atoms with Crippen molar-refractivity contribution in [1.29, 1.82) is 0 Å². The van der Waals surface area contributed by atoms with Gasteiger partial charge in [-0.25, -0.2) is 13.5 Å². The van der Waals surface area contributed by atoms with Crippen molar-refractivity contribution in [1.82, 2.24) is 24.6 Å². The summed E-state index contributed by atoms with van der Waals surface area (Å²) in [7, 11) is 0. The number of likely N-dealkylation sites (tertiary alicyclic amines) is 1. The van der Waals surface area contributed by atoms with Gasteiger partial charge in [-0.1, -0.05) is 6.07 Å². The average molecular weight is 383 g/mol. The first kappa shape index (κ1) is 18.2.